The molecule has 0 unspecified atom stereocenters. The van der Waals surface area contributed by atoms with Crippen LogP contribution in [0.2, 0.25) is 0 Å². The van der Waals surface area contributed by atoms with Gasteiger partial charge in [-0.2, -0.15) is 0 Å². The van der Waals surface area contributed by atoms with Gasteiger partial charge in [0.25, 0.3) is 11.1 Å². The van der Waals surface area contributed by atoms with Gasteiger partial charge < -0.3 is 14.2 Å². The molecule has 0 saturated carbocycles. The lowest BCUT2D eigenvalue weighted by Crippen LogP contribution is -2.22. The molecule has 1 amide bonds. The number of halogens is 1. The van der Waals surface area contributed by atoms with Crippen LogP contribution in [0, 0.1) is 12.7 Å². The number of amides is 1. The number of benzene rings is 1. The van der Waals surface area contributed by atoms with Gasteiger partial charge >= 0.3 is 0 Å². The summed E-state index contributed by atoms with van der Waals surface area (Å²) in [4.78, 5) is 12.2. The van der Waals surface area contributed by atoms with Crippen LogP contribution in [0.1, 0.15) is 12.7 Å². The maximum absolute atomic E-state index is 12.9. The third-order valence-corrected chi connectivity index (χ3v) is 4.19. The number of furan rings is 1. The molecule has 0 bridgehead atoms. The first kappa shape index (κ1) is 16.3. The first-order chi connectivity index (χ1) is 11.5. The van der Waals surface area contributed by atoms with Crippen LogP contribution in [0.4, 0.5) is 10.1 Å². The highest BCUT2D eigenvalue weighted by molar-refractivity contribution is 8.00. The zero-order chi connectivity index (χ0) is 17.1. The Bertz CT molecular complexity index is 844. The van der Waals surface area contributed by atoms with Gasteiger partial charge in [-0.15, -0.1) is 10.2 Å². The molecule has 124 valence electrons. The summed E-state index contributed by atoms with van der Waals surface area (Å²) in [5, 5.41) is 10.4. The second-order valence-electron chi connectivity index (χ2n) is 5.02. The van der Waals surface area contributed by atoms with Gasteiger partial charge in [-0.3, -0.25) is 4.79 Å². The molecule has 6 nitrogen and oxygen atoms in total. The van der Waals surface area contributed by atoms with Gasteiger partial charge in [0.2, 0.25) is 5.91 Å². The third kappa shape index (κ3) is 3.65. The van der Waals surface area contributed by atoms with E-state index in [-0.39, 0.29) is 16.9 Å². The van der Waals surface area contributed by atoms with Gasteiger partial charge in [0.15, 0.2) is 0 Å². The minimum Gasteiger partial charge on any atom is -0.469 e. The smallest absolute Gasteiger partial charge is 0.277 e. The Morgan fingerprint density at radius 2 is 2.00 bits per heavy atom. The molecule has 3 rings (SSSR count). The fraction of sp³-hybridized carbons (Fsp3) is 0.188. The third-order valence-electron chi connectivity index (χ3n) is 3.25. The van der Waals surface area contributed by atoms with Crippen LogP contribution in [0.15, 0.2) is 50.7 Å². The fourth-order valence-electron chi connectivity index (χ4n) is 1.95. The first-order valence-electron chi connectivity index (χ1n) is 7.14. The van der Waals surface area contributed by atoms with E-state index in [1.807, 2.05) is 0 Å². The topological polar surface area (TPSA) is 81.2 Å². The Balaban J connectivity index is 1.63. The van der Waals surface area contributed by atoms with E-state index in [0.717, 1.165) is 17.3 Å². The molecule has 1 N–H and O–H groups in total. The molecule has 0 saturated heterocycles. The number of rotatable bonds is 5. The second-order valence-corrected chi connectivity index (χ2v) is 6.31. The summed E-state index contributed by atoms with van der Waals surface area (Å²) in [5.74, 6) is 0.418. The number of aromatic nitrogens is 2. The van der Waals surface area contributed by atoms with Crippen LogP contribution in [-0.2, 0) is 4.79 Å². The number of nitrogens with one attached hydrogen (secondary N) is 1. The number of thioether (sulfide) groups is 1. The summed E-state index contributed by atoms with van der Waals surface area (Å²) < 4.78 is 23.6. The Kier molecular flexibility index (Phi) is 4.66. The van der Waals surface area contributed by atoms with Crippen molar-refractivity contribution in [2.24, 2.45) is 0 Å². The first-order valence-corrected chi connectivity index (χ1v) is 8.02. The van der Waals surface area contributed by atoms with E-state index < -0.39 is 5.25 Å². The molecule has 2 aromatic heterocycles. The van der Waals surface area contributed by atoms with Crippen molar-refractivity contribution < 1.29 is 18.0 Å². The maximum Gasteiger partial charge on any atom is 0.277 e. The largest absolute Gasteiger partial charge is 0.469 e. The number of hydrogen-bond donors (Lipinski definition) is 1. The second kappa shape index (κ2) is 6.88. The number of carbonyl (C=O) groups excluding carboxylic acids is 1. The zero-order valence-corrected chi connectivity index (χ0v) is 13.8. The summed E-state index contributed by atoms with van der Waals surface area (Å²) >= 11 is 1.14. The molecule has 1 atom stereocenters. The standard InChI is InChI=1S/C16H14FN3O3S/c1-9-13(7-8-22-9)15-19-20-16(23-15)24-10(2)14(21)18-12-5-3-11(17)4-6-12/h3-8,10H,1-2H3,(H,18,21)/t10-/m1/s1. The van der Waals surface area contributed by atoms with Crippen molar-refractivity contribution in [1.82, 2.24) is 10.2 Å². The molecular weight excluding hydrogens is 333 g/mol. The van der Waals surface area contributed by atoms with E-state index >= 15 is 0 Å². The molecule has 8 heteroatoms. The van der Waals surface area contributed by atoms with Crippen LogP contribution in [0.3, 0.4) is 0 Å². The van der Waals surface area contributed by atoms with Crippen molar-refractivity contribution in [2.45, 2.75) is 24.3 Å². The number of hydrogen-bond acceptors (Lipinski definition) is 6. The van der Waals surface area contributed by atoms with Gasteiger partial charge in [-0.25, -0.2) is 4.39 Å². The van der Waals surface area contributed by atoms with E-state index in [9.17, 15) is 9.18 Å². The van der Waals surface area contributed by atoms with Crippen LogP contribution in [-0.4, -0.2) is 21.4 Å². The van der Waals surface area contributed by atoms with Crippen molar-refractivity contribution in [2.75, 3.05) is 5.32 Å². The lowest BCUT2D eigenvalue weighted by molar-refractivity contribution is -0.115. The Hall–Kier alpha value is -2.61. The van der Waals surface area contributed by atoms with Crippen LogP contribution >= 0.6 is 11.8 Å². The van der Waals surface area contributed by atoms with E-state index in [0.29, 0.717) is 17.3 Å². The molecule has 0 aliphatic heterocycles. The average molecular weight is 347 g/mol. The van der Waals surface area contributed by atoms with Crippen LogP contribution < -0.4 is 5.32 Å². The summed E-state index contributed by atoms with van der Waals surface area (Å²) in [7, 11) is 0. The summed E-state index contributed by atoms with van der Waals surface area (Å²) in [6, 6.07) is 7.30. The van der Waals surface area contributed by atoms with Crippen LogP contribution in [0.25, 0.3) is 11.5 Å². The Morgan fingerprint density at radius 1 is 1.25 bits per heavy atom. The maximum atomic E-state index is 12.9. The van der Waals surface area contributed by atoms with Gasteiger partial charge in [0, 0.05) is 5.69 Å². The molecule has 24 heavy (non-hydrogen) atoms. The SMILES string of the molecule is Cc1occc1-c1nnc(S[C@H](C)C(=O)Nc2ccc(F)cc2)o1. The average Bonchev–Trinajstić information content (AvgIpc) is 3.18. The van der Waals surface area contributed by atoms with Crippen molar-refractivity contribution in [3.8, 4) is 11.5 Å². The van der Waals surface area contributed by atoms with Gasteiger partial charge in [-0.1, -0.05) is 11.8 Å². The molecule has 3 aromatic rings. The predicted molar refractivity (Wildman–Crippen MR) is 87.1 cm³/mol. The molecular formula is C16H14FN3O3S. The van der Waals surface area contributed by atoms with Crippen molar-refractivity contribution in [3.05, 3.63) is 48.2 Å². The van der Waals surface area contributed by atoms with Gasteiger partial charge in [-0.05, 0) is 44.2 Å². The highest BCUT2D eigenvalue weighted by Gasteiger charge is 2.20. The summed E-state index contributed by atoms with van der Waals surface area (Å²) in [6.07, 6.45) is 1.54. The van der Waals surface area contributed by atoms with Gasteiger partial charge in [0.1, 0.15) is 11.6 Å². The van der Waals surface area contributed by atoms with Crippen molar-refractivity contribution >= 4 is 23.4 Å². The lowest BCUT2D eigenvalue weighted by Gasteiger charge is -2.09. The van der Waals surface area contributed by atoms with Crippen molar-refractivity contribution in [3.63, 3.8) is 0 Å². The monoisotopic (exact) mass is 347 g/mol. The summed E-state index contributed by atoms with van der Waals surface area (Å²) in [6.45, 7) is 3.52. The van der Waals surface area contributed by atoms with E-state index in [2.05, 4.69) is 15.5 Å². The van der Waals surface area contributed by atoms with Crippen molar-refractivity contribution in [1.29, 1.82) is 0 Å². The minimum absolute atomic E-state index is 0.245. The zero-order valence-electron chi connectivity index (χ0n) is 12.9. The van der Waals surface area contributed by atoms with E-state index in [1.165, 1.54) is 24.3 Å². The summed E-state index contributed by atoms with van der Waals surface area (Å²) in [5.41, 5.74) is 1.24. The molecule has 1 aromatic carbocycles. The van der Waals surface area contributed by atoms with E-state index in [1.54, 1.807) is 26.2 Å². The fourth-order valence-corrected chi connectivity index (χ4v) is 2.64. The highest BCUT2D eigenvalue weighted by atomic mass is 32.2. The number of nitrogens with zero attached hydrogens (tertiary/aromatic N) is 2. The Labute approximate surface area is 141 Å². The van der Waals surface area contributed by atoms with Gasteiger partial charge in [0.05, 0.1) is 17.1 Å². The molecule has 0 aliphatic carbocycles. The van der Waals surface area contributed by atoms with E-state index in [4.69, 9.17) is 8.83 Å². The number of carbonyl (C=O) groups is 1. The normalized spacial score (nSPS) is 12.1. The molecule has 0 radical (unpaired) electrons. The quantitative estimate of drug-likeness (QED) is 0.705. The number of anilines is 1. The lowest BCUT2D eigenvalue weighted by atomic mass is 10.3. The number of aryl methyl sites for hydroxylation is 1. The Morgan fingerprint density at radius 3 is 2.67 bits per heavy atom. The molecule has 0 spiro atoms. The molecule has 0 fully saturated rings. The van der Waals surface area contributed by atoms with Crippen LogP contribution in [0.5, 0.6) is 0 Å². The highest BCUT2D eigenvalue weighted by Crippen LogP contribution is 2.28. The molecule has 0 aliphatic rings. The molecule has 2 heterocycles. The predicted octanol–water partition coefficient (Wildman–Crippen LogP) is 3.90. The minimum atomic E-state index is -0.464.